The van der Waals surface area contributed by atoms with Crippen molar-refractivity contribution >= 4 is 6.09 Å². The molecule has 24 heavy (non-hydrogen) atoms. The van der Waals surface area contributed by atoms with Crippen LogP contribution in [0.25, 0.3) is 0 Å². The summed E-state index contributed by atoms with van der Waals surface area (Å²) in [5.41, 5.74) is 0.974. The number of fused-ring (bicyclic) bond motifs is 2. The second-order valence-corrected chi connectivity index (χ2v) is 8.26. The van der Waals surface area contributed by atoms with Crippen molar-refractivity contribution in [1.82, 2.24) is 10.2 Å². The topological polar surface area (TPSA) is 41.6 Å². The fourth-order valence-electron chi connectivity index (χ4n) is 4.15. The maximum atomic E-state index is 11.8. The lowest BCUT2D eigenvalue weighted by Crippen LogP contribution is -2.45. The molecule has 2 aliphatic heterocycles. The summed E-state index contributed by atoms with van der Waals surface area (Å²) in [5.74, 6) is 0.571. The van der Waals surface area contributed by atoms with E-state index in [1.165, 1.54) is 31.2 Å². The number of hydrogen-bond donors (Lipinski definition) is 1. The maximum Gasteiger partial charge on any atom is 0.407 e. The zero-order chi connectivity index (χ0) is 17.2. The van der Waals surface area contributed by atoms with Crippen LogP contribution in [0, 0.1) is 5.92 Å². The normalized spacial score (nSPS) is 27.0. The van der Waals surface area contributed by atoms with Crippen LogP contribution in [0.15, 0.2) is 30.3 Å². The standard InChI is InChI=1S/C20H30N2O2/c1-20(2,3)24-19(23)21-13-16-11-17-9-10-18(12-16)22(17)14-15-7-5-4-6-8-15/h4-8,16-18H,9-14H2,1-3H3,(H,21,23)/t16?,17-,18+. The lowest BCUT2D eigenvalue weighted by atomic mass is 9.90. The number of carbonyl (C=O) groups is 1. The van der Waals surface area contributed by atoms with Gasteiger partial charge in [-0.3, -0.25) is 4.90 Å². The summed E-state index contributed by atoms with van der Waals surface area (Å²) in [6.45, 7) is 7.49. The van der Waals surface area contributed by atoms with Crippen molar-refractivity contribution in [2.24, 2.45) is 5.92 Å². The summed E-state index contributed by atoms with van der Waals surface area (Å²) in [6.07, 6.45) is 4.65. The van der Waals surface area contributed by atoms with Gasteiger partial charge in [-0.05, 0) is 57.9 Å². The van der Waals surface area contributed by atoms with Gasteiger partial charge in [0, 0.05) is 25.2 Å². The predicted octanol–water partition coefficient (Wildman–Crippen LogP) is 3.95. The quantitative estimate of drug-likeness (QED) is 0.909. The van der Waals surface area contributed by atoms with E-state index in [2.05, 4.69) is 40.5 Å². The molecular weight excluding hydrogens is 300 g/mol. The van der Waals surface area contributed by atoms with Gasteiger partial charge in [0.15, 0.2) is 0 Å². The predicted molar refractivity (Wildman–Crippen MR) is 95.8 cm³/mol. The Bertz CT molecular complexity index is 539. The van der Waals surface area contributed by atoms with E-state index in [-0.39, 0.29) is 6.09 Å². The Morgan fingerprint density at radius 3 is 2.38 bits per heavy atom. The fraction of sp³-hybridized carbons (Fsp3) is 0.650. The molecule has 4 heteroatoms. The minimum Gasteiger partial charge on any atom is -0.444 e. The van der Waals surface area contributed by atoms with Gasteiger partial charge in [-0.25, -0.2) is 4.79 Å². The molecule has 0 spiro atoms. The van der Waals surface area contributed by atoms with Crippen LogP contribution in [0.1, 0.15) is 52.0 Å². The Balaban J connectivity index is 1.49. The number of rotatable bonds is 4. The van der Waals surface area contributed by atoms with Gasteiger partial charge in [0.25, 0.3) is 0 Å². The third-order valence-corrected chi connectivity index (χ3v) is 5.12. The number of nitrogens with one attached hydrogen (secondary N) is 1. The minimum absolute atomic E-state index is 0.290. The highest BCUT2D eigenvalue weighted by Crippen LogP contribution is 2.39. The number of alkyl carbamates (subject to hydrolysis) is 1. The van der Waals surface area contributed by atoms with E-state index in [0.29, 0.717) is 18.0 Å². The molecule has 4 nitrogen and oxygen atoms in total. The average molecular weight is 330 g/mol. The lowest BCUT2D eigenvalue weighted by molar-refractivity contribution is 0.0487. The van der Waals surface area contributed by atoms with Crippen molar-refractivity contribution in [2.75, 3.05) is 6.54 Å². The van der Waals surface area contributed by atoms with E-state index in [9.17, 15) is 4.79 Å². The summed E-state index contributed by atoms with van der Waals surface area (Å²) >= 11 is 0. The van der Waals surface area contributed by atoms with E-state index in [0.717, 1.165) is 13.1 Å². The summed E-state index contributed by atoms with van der Waals surface area (Å²) in [5, 5.41) is 2.96. The Morgan fingerprint density at radius 1 is 1.17 bits per heavy atom. The number of piperidine rings is 1. The van der Waals surface area contributed by atoms with Crippen LogP contribution in [0.4, 0.5) is 4.79 Å². The molecule has 1 unspecified atom stereocenters. The Hall–Kier alpha value is -1.55. The van der Waals surface area contributed by atoms with Crippen LogP contribution >= 0.6 is 0 Å². The number of carbonyl (C=O) groups excluding carboxylic acids is 1. The number of benzene rings is 1. The maximum absolute atomic E-state index is 11.8. The molecule has 1 amide bonds. The van der Waals surface area contributed by atoms with Crippen molar-refractivity contribution in [1.29, 1.82) is 0 Å². The van der Waals surface area contributed by atoms with Crippen molar-refractivity contribution in [3.05, 3.63) is 35.9 Å². The van der Waals surface area contributed by atoms with E-state index in [4.69, 9.17) is 4.74 Å². The molecule has 1 aromatic carbocycles. The lowest BCUT2D eigenvalue weighted by Gasteiger charge is -2.39. The van der Waals surface area contributed by atoms with E-state index < -0.39 is 5.60 Å². The summed E-state index contributed by atoms with van der Waals surface area (Å²) in [4.78, 5) is 14.5. The zero-order valence-corrected chi connectivity index (χ0v) is 15.1. The smallest absolute Gasteiger partial charge is 0.407 e. The van der Waals surface area contributed by atoms with Gasteiger partial charge >= 0.3 is 6.09 Å². The summed E-state index contributed by atoms with van der Waals surface area (Å²) in [6, 6.07) is 12.1. The summed E-state index contributed by atoms with van der Waals surface area (Å²) < 4.78 is 5.34. The molecule has 1 aromatic rings. The third-order valence-electron chi connectivity index (χ3n) is 5.12. The number of amides is 1. The van der Waals surface area contributed by atoms with Crippen LogP contribution < -0.4 is 5.32 Å². The minimum atomic E-state index is -0.428. The molecule has 2 saturated heterocycles. The summed E-state index contributed by atoms with van der Waals surface area (Å²) in [7, 11) is 0. The van der Waals surface area contributed by atoms with Gasteiger partial charge in [-0.2, -0.15) is 0 Å². The van der Waals surface area contributed by atoms with Gasteiger partial charge in [0.1, 0.15) is 5.60 Å². The molecule has 3 rings (SSSR count). The van der Waals surface area contributed by atoms with E-state index >= 15 is 0 Å². The number of hydrogen-bond acceptors (Lipinski definition) is 3. The molecule has 0 radical (unpaired) electrons. The van der Waals surface area contributed by atoms with Crippen LogP contribution in [-0.4, -0.2) is 35.2 Å². The van der Waals surface area contributed by atoms with E-state index in [1.54, 1.807) is 0 Å². The molecule has 3 atom stereocenters. The van der Waals surface area contributed by atoms with Crippen LogP contribution in [-0.2, 0) is 11.3 Å². The first-order chi connectivity index (χ1) is 11.4. The molecule has 2 heterocycles. The second-order valence-electron chi connectivity index (χ2n) is 8.26. The molecule has 2 bridgehead atoms. The second kappa shape index (κ2) is 7.14. The Morgan fingerprint density at radius 2 is 1.79 bits per heavy atom. The number of ether oxygens (including phenoxy) is 1. The highest BCUT2D eigenvalue weighted by molar-refractivity contribution is 5.67. The monoisotopic (exact) mass is 330 g/mol. The van der Waals surface area contributed by atoms with Crippen molar-refractivity contribution < 1.29 is 9.53 Å². The van der Waals surface area contributed by atoms with Crippen LogP contribution in [0.5, 0.6) is 0 Å². The van der Waals surface area contributed by atoms with Crippen LogP contribution in [0.2, 0.25) is 0 Å². The van der Waals surface area contributed by atoms with E-state index in [1.807, 2.05) is 20.8 Å². The van der Waals surface area contributed by atoms with Gasteiger partial charge in [-0.1, -0.05) is 30.3 Å². The molecule has 0 aromatic heterocycles. The van der Waals surface area contributed by atoms with Crippen molar-refractivity contribution in [3.8, 4) is 0 Å². The van der Waals surface area contributed by atoms with Crippen LogP contribution in [0.3, 0.4) is 0 Å². The molecule has 2 fully saturated rings. The first-order valence-corrected chi connectivity index (χ1v) is 9.17. The highest BCUT2D eigenvalue weighted by Gasteiger charge is 2.40. The molecular formula is C20H30N2O2. The third kappa shape index (κ3) is 4.50. The molecule has 132 valence electrons. The molecule has 0 aliphatic carbocycles. The van der Waals surface area contributed by atoms with Gasteiger partial charge < -0.3 is 10.1 Å². The molecule has 2 aliphatic rings. The average Bonchev–Trinajstić information content (AvgIpc) is 2.75. The highest BCUT2D eigenvalue weighted by atomic mass is 16.6. The van der Waals surface area contributed by atoms with Gasteiger partial charge in [-0.15, -0.1) is 0 Å². The van der Waals surface area contributed by atoms with Gasteiger partial charge in [0.2, 0.25) is 0 Å². The largest absolute Gasteiger partial charge is 0.444 e. The first kappa shape index (κ1) is 17.3. The number of nitrogens with zero attached hydrogens (tertiary/aromatic N) is 1. The molecule has 0 saturated carbocycles. The fourth-order valence-corrected chi connectivity index (χ4v) is 4.15. The Labute approximate surface area is 145 Å². The van der Waals surface area contributed by atoms with Crippen molar-refractivity contribution in [3.63, 3.8) is 0 Å². The molecule has 1 N–H and O–H groups in total. The first-order valence-electron chi connectivity index (χ1n) is 9.17. The Kier molecular flexibility index (Phi) is 5.14. The SMILES string of the molecule is CC(C)(C)OC(=O)NCC1C[C@H]2CC[C@@H](C1)N2Cc1ccccc1. The van der Waals surface area contributed by atoms with Gasteiger partial charge in [0.05, 0.1) is 0 Å². The van der Waals surface area contributed by atoms with Crippen molar-refractivity contribution in [2.45, 2.75) is 70.7 Å². The zero-order valence-electron chi connectivity index (χ0n) is 15.1.